The SMILES string of the molecule is c1ccc([P+](CCCCCCCCCc2cccnc2)(c2ccccc2)c2ccccc2)cc1. The Morgan fingerprint density at radius 1 is 0.471 bits per heavy atom. The van der Waals surface area contributed by atoms with E-state index in [0.29, 0.717) is 0 Å². The zero-order valence-corrected chi connectivity index (χ0v) is 21.1. The van der Waals surface area contributed by atoms with Gasteiger partial charge in [0.05, 0.1) is 6.16 Å². The Kier molecular flexibility index (Phi) is 9.47. The van der Waals surface area contributed by atoms with Crippen molar-refractivity contribution in [1.82, 2.24) is 4.98 Å². The molecular weight excluding hydrogens is 429 g/mol. The number of pyridine rings is 1. The lowest BCUT2D eigenvalue weighted by atomic mass is 10.1. The van der Waals surface area contributed by atoms with Crippen LogP contribution in [0.2, 0.25) is 0 Å². The van der Waals surface area contributed by atoms with Crippen LogP contribution in [0.1, 0.15) is 50.5 Å². The van der Waals surface area contributed by atoms with Gasteiger partial charge >= 0.3 is 0 Å². The van der Waals surface area contributed by atoms with Crippen molar-refractivity contribution in [2.24, 2.45) is 0 Å². The van der Waals surface area contributed by atoms with Crippen LogP contribution in [0.15, 0.2) is 116 Å². The summed E-state index contributed by atoms with van der Waals surface area (Å²) in [6, 6.07) is 38.1. The highest BCUT2D eigenvalue weighted by atomic mass is 31.2. The van der Waals surface area contributed by atoms with Crippen LogP contribution in [-0.2, 0) is 6.42 Å². The highest BCUT2D eigenvalue weighted by Crippen LogP contribution is 2.55. The lowest BCUT2D eigenvalue weighted by Gasteiger charge is -2.27. The van der Waals surface area contributed by atoms with Gasteiger partial charge in [-0.1, -0.05) is 86.3 Å². The predicted octanol–water partition coefficient (Wildman–Crippen LogP) is 7.35. The van der Waals surface area contributed by atoms with E-state index >= 15 is 0 Å². The van der Waals surface area contributed by atoms with Crippen molar-refractivity contribution >= 4 is 23.2 Å². The molecule has 0 amide bonds. The molecule has 0 bridgehead atoms. The fourth-order valence-electron chi connectivity index (χ4n) is 4.99. The summed E-state index contributed by atoms with van der Waals surface area (Å²) < 4.78 is 0. The van der Waals surface area contributed by atoms with Crippen molar-refractivity contribution in [1.29, 1.82) is 0 Å². The zero-order chi connectivity index (χ0) is 23.3. The standard InChI is InChI=1S/C32H37NP/c1(2-4-9-18-29-19-17-26-33-28-29)3-5-16-27-34(30-20-10-6-11-21-30,31-22-12-7-13-23-31)32-24-14-8-15-25-32/h6-8,10-15,17,19-26,28H,1-5,9,16,18,27H2/q+1. The molecule has 0 saturated carbocycles. The molecular formula is C32H37NP+. The number of aromatic nitrogens is 1. The molecule has 0 aliphatic rings. The van der Waals surface area contributed by atoms with Crippen LogP contribution in [0.3, 0.4) is 0 Å². The number of benzene rings is 3. The van der Waals surface area contributed by atoms with Crippen molar-refractivity contribution in [2.45, 2.75) is 51.4 Å². The molecule has 3 aromatic carbocycles. The summed E-state index contributed by atoms with van der Waals surface area (Å²) in [7, 11) is -1.66. The van der Waals surface area contributed by atoms with Crippen molar-refractivity contribution in [2.75, 3.05) is 6.16 Å². The average Bonchev–Trinajstić information content (AvgIpc) is 2.92. The minimum Gasteiger partial charge on any atom is -0.264 e. The molecule has 1 nitrogen and oxygen atoms in total. The molecule has 1 aromatic heterocycles. The van der Waals surface area contributed by atoms with E-state index in [2.05, 4.69) is 102 Å². The minimum absolute atomic E-state index is 1.16. The first kappa shape index (κ1) is 24.4. The molecule has 0 unspecified atom stereocenters. The van der Waals surface area contributed by atoms with Crippen molar-refractivity contribution in [3.8, 4) is 0 Å². The number of hydrogen-bond acceptors (Lipinski definition) is 1. The largest absolute Gasteiger partial charge is 0.264 e. The first-order chi connectivity index (χ1) is 16.9. The molecule has 0 atom stereocenters. The third kappa shape index (κ3) is 6.43. The lowest BCUT2D eigenvalue weighted by Crippen LogP contribution is -2.33. The Labute approximate surface area is 206 Å². The predicted molar refractivity (Wildman–Crippen MR) is 150 cm³/mol. The molecule has 0 N–H and O–H groups in total. The average molecular weight is 467 g/mol. The number of unbranched alkanes of at least 4 members (excludes halogenated alkanes) is 6. The molecule has 4 rings (SSSR count). The first-order valence-electron chi connectivity index (χ1n) is 12.8. The van der Waals surface area contributed by atoms with Gasteiger partial charge in [-0.2, -0.15) is 0 Å². The normalized spacial score (nSPS) is 11.4. The van der Waals surface area contributed by atoms with E-state index in [1.807, 2.05) is 18.5 Å². The van der Waals surface area contributed by atoms with Gasteiger partial charge in [-0.3, -0.25) is 4.98 Å². The number of nitrogens with zero attached hydrogens (tertiary/aromatic N) is 1. The molecule has 0 spiro atoms. The maximum atomic E-state index is 4.22. The molecule has 0 aliphatic carbocycles. The van der Waals surface area contributed by atoms with Crippen LogP contribution in [0.25, 0.3) is 0 Å². The second kappa shape index (κ2) is 13.2. The van der Waals surface area contributed by atoms with Gasteiger partial charge in [0, 0.05) is 12.4 Å². The Bertz CT molecular complexity index is 968. The second-order valence-corrected chi connectivity index (χ2v) is 12.7. The van der Waals surface area contributed by atoms with Crippen molar-refractivity contribution in [3.05, 3.63) is 121 Å². The summed E-state index contributed by atoms with van der Waals surface area (Å²) in [5.41, 5.74) is 1.37. The van der Waals surface area contributed by atoms with Gasteiger partial charge < -0.3 is 0 Å². The Balaban J connectivity index is 1.36. The fourth-order valence-corrected chi connectivity index (χ4v) is 9.40. The van der Waals surface area contributed by atoms with E-state index in [0.717, 1.165) is 6.42 Å². The second-order valence-electron chi connectivity index (χ2n) is 9.13. The molecule has 4 aromatic rings. The maximum absolute atomic E-state index is 4.22. The number of hydrogen-bond donors (Lipinski definition) is 0. The minimum atomic E-state index is -1.66. The van der Waals surface area contributed by atoms with Crippen LogP contribution in [0.5, 0.6) is 0 Å². The van der Waals surface area contributed by atoms with E-state index < -0.39 is 7.26 Å². The lowest BCUT2D eigenvalue weighted by molar-refractivity contribution is 0.590. The van der Waals surface area contributed by atoms with Gasteiger partial charge in [-0.05, 0) is 73.7 Å². The monoisotopic (exact) mass is 466 g/mol. The summed E-state index contributed by atoms with van der Waals surface area (Å²) in [4.78, 5) is 4.22. The maximum Gasteiger partial charge on any atom is 0.112 e. The molecule has 34 heavy (non-hydrogen) atoms. The van der Waals surface area contributed by atoms with Crippen LogP contribution in [0.4, 0.5) is 0 Å². The molecule has 0 saturated heterocycles. The van der Waals surface area contributed by atoms with Gasteiger partial charge in [-0.15, -0.1) is 0 Å². The third-order valence-corrected chi connectivity index (χ3v) is 11.3. The summed E-state index contributed by atoms with van der Waals surface area (Å²) in [5, 5.41) is 4.51. The van der Waals surface area contributed by atoms with Crippen molar-refractivity contribution in [3.63, 3.8) is 0 Å². The quantitative estimate of drug-likeness (QED) is 0.148. The molecule has 174 valence electrons. The third-order valence-electron chi connectivity index (χ3n) is 6.77. The number of rotatable bonds is 13. The van der Waals surface area contributed by atoms with Crippen LogP contribution in [0, 0.1) is 0 Å². The zero-order valence-electron chi connectivity index (χ0n) is 20.2. The fraction of sp³-hybridized carbons (Fsp3) is 0.281. The van der Waals surface area contributed by atoms with Gasteiger partial charge in [0.15, 0.2) is 0 Å². The molecule has 0 fully saturated rings. The van der Waals surface area contributed by atoms with Gasteiger partial charge in [0.1, 0.15) is 23.2 Å². The Morgan fingerprint density at radius 3 is 1.41 bits per heavy atom. The topological polar surface area (TPSA) is 12.9 Å². The van der Waals surface area contributed by atoms with E-state index in [9.17, 15) is 0 Å². The number of aryl methyl sites for hydroxylation is 1. The van der Waals surface area contributed by atoms with Gasteiger partial charge in [-0.25, -0.2) is 0 Å². The molecule has 0 aliphatic heterocycles. The van der Waals surface area contributed by atoms with E-state index in [1.165, 1.54) is 72.6 Å². The molecule has 0 radical (unpaired) electrons. The Hall–Kier alpha value is -2.76. The summed E-state index contributed by atoms with van der Waals surface area (Å²) in [5.74, 6) is 0. The Morgan fingerprint density at radius 2 is 0.941 bits per heavy atom. The van der Waals surface area contributed by atoms with Gasteiger partial charge in [0.25, 0.3) is 0 Å². The van der Waals surface area contributed by atoms with E-state index in [-0.39, 0.29) is 0 Å². The van der Waals surface area contributed by atoms with Crippen LogP contribution >= 0.6 is 7.26 Å². The first-order valence-corrected chi connectivity index (χ1v) is 14.8. The highest BCUT2D eigenvalue weighted by Gasteiger charge is 2.44. The van der Waals surface area contributed by atoms with E-state index in [1.54, 1.807) is 0 Å². The molecule has 2 heteroatoms. The highest BCUT2D eigenvalue weighted by molar-refractivity contribution is 7.95. The summed E-state index contributed by atoms with van der Waals surface area (Å²) >= 11 is 0. The van der Waals surface area contributed by atoms with Crippen LogP contribution in [-0.4, -0.2) is 11.1 Å². The van der Waals surface area contributed by atoms with Gasteiger partial charge in [0.2, 0.25) is 0 Å². The summed E-state index contributed by atoms with van der Waals surface area (Å²) in [6.45, 7) is 0. The van der Waals surface area contributed by atoms with Crippen LogP contribution < -0.4 is 15.9 Å². The van der Waals surface area contributed by atoms with Crippen molar-refractivity contribution < 1.29 is 0 Å². The smallest absolute Gasteiger partial charge is 0.112 e. The van der Waals surface area contributed by atoms with E-state index in [4.69, 9.17) is 0 Å². The molecule has 1 heterocycles. The summed E-state index contributed by atoms with van der Waals surface area (Å²) in [6.07, 6.45) is 15.5.